The van der Waals surface area contributed by atoms with Gasteiger partial charge in [-0.05, 0) is 18.2 Å². The average molecular weight is 325 g/mol. The highest BCUT2D eigenvalue weighted by atomic mass is 19.1. The lowest BCUT2D eigenvalue weighted by molar-refractivity contribution is 0.0989. The van der Waals surface area contributed by atoms with Crippen LogP contribution in [0.3, 0.4) is 0 Å². The lowest BCUT2D eigenvalue weighted by Crippen LogP contribution is -2.46. The fourth-order valence-corrected chi connectivity index (χ4v) is 3.17. The van der Waals surface area contributed by atoms with Crippen LogP contribution in [0.1, 0.15) is 5.56 Å². The molecule has 0 N–H and O–H groups in total. The molecule has 0 atom stereocenters. The van der Waals surface area contributed by atoms with Crippen molar-refractivity contribution >= 4 is 11.0 Å². The van der Waals surface area contributed by atoms with Crippen LogP contribution in [0.5, 0.6) is 0 Å². The Kier molecular flexibility index (Phi) is 4.23. The van der Waals surface area contributed by atoms with Crippen LogP contribution in [0.25, 0.3) is 11.0 Å². The molecule has 0 unspecified atom stereocenters. The summed E-state index contributed by atoms with van der Waals surface area (Å²) in [6.45, 7) is 5.17. The highest BCUT2D eigenvalue weighted by Gasteiger charge is 2.19. The van der Waals surface area contributed by atoms with E-state index in [1.165, 1.54) is 6.07 Å². The van der Waals surface area contributed by atoms with Crippen LogP contribution in [0, 0.1) is 5.82 Å². The van der Waals surface area contributed by atoms with Gasteiger partial charge in [0.05, 0.1) is 12.2 Å². The molecule has 0 bridgehead atoms. The second-order valence-corrected chi connectivity index (χ2v) is 6.20. The largest absolute Gasteiger partial charge is 0.296 e. The molecular formula is C18H20FN5. The summed E-state index contributed by atoms with van der Waals surface area (Å²) in [4.78, 5) is 4.66. The molecule has 1 aromatic heterocycles. The second-order valence-electron chi connectivity index (χ2n) is 6.20. The van der Waals surface area contributed by atoms with Crippen molar-refractivity contribution in [2.75, 3.05) is 26.2 Å². The van der Waals surface area contributed by atoms with Crippen molar-refractivity contribution in [2.45, 2.75) is 13.2 Å². The van der Waals surface area contributed by atoms with Crippen molar-refractivity contribution in [2.24, 2.45) is 0 Å². The van der Waals surface area contributed by atoms with Crippen LogP contribution in [0.4, 0.5) is 4.39 Å². The Hall–Kier alpha value is -2.31. The van der Waals surface area contributed by atoms with Gasteiger partial charge in [0.15, 0.2) is 0 Å². The summed E-state index contributed by atoms with van der Waals surface area (Å²) in [5.74, 6) is -0.117. The van der Waals surface area contributed by atoms with Crippen LogP contribution < -0.4 is 0 Å². The Morgan fingerprint density at radius 1 is 0.875 bits per heavy atom. The number of nitrogens with zero attached hydrogens (tertiary/aromatic N) is 5. The molecule has 3 aromatic rings. The van der Waals surface area contributed by atoms with Gasteiger partial charge in [-0.3, -0.25) is 9.80 Å². The molecule has 0 amide bonds. The van der Waals surface area contributed by atoms with Gasteiger partial charge in [-0.15, -0.1) is 5.10 Å². The minimum atomic E-state index is -0.117. The molecule has 124 valence electrons. The van der Waals surface area contributed by atoms with E-state index in [1.807, 2.05) is 41.1 Å². The molecule has 1 fully saturated rings. The molecule has 1 saturated heterocycles. The van der Waals surface area contributed by atoms with E-state index in [1.54, 1.807) is 6.07 Å². The third-order valence-electron chi connectivity index (χ3n) is 4.57. The first-order valence-electron chi connectivity index (χ1n) is 8.26. The van der Waals surface area contributed by atoms with E-state index in [2.05, 4.69) is 20.1 Å². The summed E-state index contributed by atoms with van der Waals surface area (Å²) in [7, 11) is 0. The first kappa shape index (κ1) is 15.2. The predicted octanol–water partition coefficient (Wildman–Crippen LogP) is 2.35. The smallest absolute Gasteiger partial charge is 0.127 e. The number of halogens is 1. The summed E-state index contributed by atoms with van der Waals surface area (Å²) in [6, 6.07) is 15.0. The number of benzene rings is 2. The lowest BCUT2D eigenvalue weighted by Gasteiger charge is -2.34. The van der Waals surface area contributed by atoms with Gasteiger partial charge >= 0.3 is 0 Å². The summed E-state index contributed by atoms with van der Waals surface area (Å²) < 4.78 is 15.7. The van der Waals surface area contributed by atoms with Crippen LogP contribution in [0.15, 0.2) is 48.5 Å². The third kappa shape index (κ3) is 3.16. The lowest BCUT2D eigenvalue weighted by atomic mass is 10.2. The monoisotopic (exact) mass is 325 g/mol. The van der Waals surface area contributed by atoms with Crippen molar-refractivity contribution in [3.05, 3.63) is 59.9 Å². The molecule has 4 rings (SSSR count). The van der Waals surface area contributed by atoms with Gasteiger partial charge < -0.3 is 0 Å². The Labute approximate surface area is 140 Å². The van der Waals surface area contributed by atoms with Gasteiger partial charge in [-0.25, -0.2) is 9.07 Å². The summed E-state index contributed by atoms with van der Waals surface area (Å²) in [5, 5.41) is 8.45. The maximum Gasteiger partial charge on any atom is 0.127 e. The highest BCUT2D eigenvalue weighted by molar-refractivity contribution is 5.73. The zero-order valence-electron chi connectivity index (χ0n) is 13.5. The van der Waals surface area contributed by atoms with Crippen LogP contribution in [0.2, 0.25) is 0 Å². The number of rotatable bonds is 4. The zero-order valence-corrected chi connectivity index (χ0v) is 13.5. The van der Waals surface area contributed by atoms with Gasteiger partial charge in [-0.1, -0.05) is 35.5 Å². The van der Waals surface area contributed by atoms with E-state index in [0.29, 0.717) is 6.54 Å². The molecule has 0 aliphatic carbocycles. The first-order valence-corrected chi connectivity index (χ1v) is 8.26. The van der Waals surface area contributed by atoms with E-state index >= 15 is 0 Å². The SMILES string of the molecule is Fc1ccccc1CN1CCN(Cn2nnc3ccccc32)CC1. The summed E-state index contributed by atoms with van der Waals surface area (Å²) in [5.41, 5.74) is 2.76. The molecule has 0 saturated carbocycles. The quantitative estimate of drug-likeness (QED) is 0.738. The van der Waals surface area contributed by atoms with Crippen molar-refractivity contribution in [3.63, 3.8) is 0 Å². The van der Waals surface area contributed by atoms with Crippen molar-refractivity contribution in [1.29, 1.82) is 0 Å². The Balaban J connectivity index is 1.35. The van der Waals surface area contributed by atoms with Crippen LogP contribution in [-0.2, 0) is 13.2 Å². The third-order valence-corrected chi connectivity index (χ3v) is 4.57. The van der Waals surface area contributed by atoms with E-state index < -0.39 is 0 Å². The predicted molar refractivity (Wildman–Crippen MR) is 90.8 cm³/mol. The molecule has 0 radical (unpaired) electrons. The molecule has 0 spiro atoms. The number of para-hydroxylation sites is 1. The van der Waals surface area contributed by atoms with E-state index in [4.69, 9.17) is 0 Å². The van der Waals surface area contributed by atoms with Gasteiger partial charge in [-0.2, -0.15) is 0 Å². The van der Waals surface area contributed by atoms with Crippen LogP contribution >= 0.6 is 0 Å². The van der Waals surface area contributed by atoms with Gasteiger partial charge in [0.2, 0.25) is 0 Å². The number of hydrogen-bond donors (Lipinski definition) is 0. The molecule has 5 nitrogen and oxygen atoms in total. The van der Waals surface area contributed by atoms with Gasteiger partial charge in [0, 0.05) is 38.3 Å². The van der Waals surface area contributed by atoms with Gasteiger partial charge in [0.1, 0.15) is 11.3 Å². The number of fused-ring (bicyclic) bond motifs is 1. The van der Waals surface area contributed by atoms with Crippen molar-refractivity contribution < 1.29 is 4.39 Å². The standard InChI is InChI=1S/C18H20FN5/c19-16-6-2-1-5-15(16)13-22-9-11-23(12-10-22)14-24-18-8-4-3-7-17(18)20-21-24/h1-8H,9-14H2. The molecule has 1 aliphatic heterocycles. The first-order chi connectivity index (χ1) is 11.8. The van der Waals surface area contributed by atoms with Crippen molar-refractivity contribution in [1.82, 2.24) is 24.8 Å². The summed E-state index contributed by atoms with van der Waals surface area (Å²) >= 11 is 0. The molecule has 2 heterocycles. The number of hydrogen-bond acceptors (Lipinski definition) is 4. The molecule has 6 heteroatoms. The zero-order chi connectivity index (χ0) is 16.4. The maximum atomic E-state index is 13.8. The second kappa shape index (κ2) is 6.67. The average Bonchev–Trinajstić information content (AvgIpc) is 3.02. The summed E-state index contributed by atoms with van der Waals surface area (Å²) in [6.07, 6.45) is 0. The fraction of sp³-hybridized carbons (Fsp3) is 0.333. The van der Waals surface area contributed by atoms with Crippen LogP contribution in [-0.4, -0.2) is 51.0 Å². The minimum Gasteiger partial charge on any atom is -0.296 e. The Bertz CT molecular complexity index is 823. The van der Waals surface area contributed by atoms with E-state index in [-0.39, 0.29) is 5.82 Å². The highest BCUT2D eigenvalue weighted by Crippen LogP contribution is 2.14. The Morgan fingerprint density at radius 3 is 2.42 bits per heavy atom. The topological polar surface area (TPSA) is 37.2 Å². The van der Waals surface area contributed by atoms with Crippen molar-refractivity contribution in [3.8, 4) is 0 Å². The normalized spacial score (nSPS) is 16.7. The minimum absolute atomic E-state index is 0.117. The fourth-order valence-electron chi connectivity index (χ4n) is 3.17. The Morgan fingerprint density at radius 2 is 1.58 bits per heavy atom. The number of piperazine rings is 1. The molecule has 1 aliphatic rings. The van der Waals surface area contributed by atoms with E-state index in [0.717, 1.165) is 49.4 Å². The van der Waals surface area contributed by atoms with Gasteiger partial charge in [0.25, 0.3) is 0 Å². The molecule has 24 heavy (non-hydrogen) atoms. The number of aromatic nitrogens is 3. The maximum absolute atomic E-state index is 13.8. The molecule has 2 aromatic carbocycles. The molecular weight excluding hydrogens is 305 g/mol. The van der Waals surface area contributed by atoms with E-state index in [9.17, 15) is 4.39 Å².